The van der Waals surface area contributed by atoms with E-state index in [1.165, 1.54) is 24.1 Å². The first kappa shape index (κ1) is 28.5. The summed E-state index contributed by atoms with van der Waals surface area (Å²) in [5, 5.41) is 3.15. The Bertz CT molecular complexity index is 1120. The van der Waals surface area contributed by atoms with Crippen LogP contribution in [0.2, 0.25) is 5.02 Å². The summed E-state index contributed by atoms with van der Waals surface area (Å²) in [6, 6.07) is 11.4. The molecule has 0 heterocycles. The SMILES string of the molecule is CCCNC(=O)[C@H](CC)N(Cc1ccc(C)cc1)C(=O)CN(c1cc(Cl)ccc1OC)S(C)(=O)=O. The van der Waals surface area contributed by atoms with Gasteiger partial charge in [0.05, 0.1) is 19.1 Å². The van der Waals surface area contributed by atoms with Gasteiger partial charge in [-0.15, -0.1) is 0 Å². The van der Waals surface area contributed by atoms with Crippen molar-refractivity contribution in [3.8, 4) is 5.75 Å². The Labute approximate surface area is 213 Å². The Balaban J connectivity index is 2.48. The molecule has 2 rings (SSSR count). The van der Waals surface area contributed by atoms with Crippen LogP contribution in [-0.2, 0) is 26.2 Å². The van der Waals surface area contributed by atoms with Gasteiger partial charge in [0.25, 0.3) is 0 Å². The molecule has 1 N–H and O–H groups in total. The Morgan fingerprint density at radius 2 is 1.77 bits per heavy atom. The lowest BCUT2D eigenvalue weighted by Gasteiger charge is -2.33. The molecule has 8 nitrogen and oxygen atoms in total. The molecule has 192 valence electrons. The zero-order valence-corrected chi connectivity index (χ0v) is 22.4. The fourth-order valence-corrected chi connectivity index (χ4v) is 4.64. The van der Waals surface area contributed by atoms with Gasteiger partial charge in [-0.1, -0.05) is 55.3 Å². The van der Waals surface area contributed by atoms with E-state index < -0.39 is 28.5 Å². The maximum absolute atomic E-state index is 13.7. The molecule has 2 aromatic rings. The fraction of sp³-hybridized carbons (Fsp3) is 0.440. The first-order valence-corrected chi connectivity index (χ1v) is 13.7. The molecule has 0 spiro atoms. The predicted octanol–water partition coefficient (Wildman–Crippen LogP) is 3.76. The number of sulfonamides is 1. The number of ether oxygens (including phenoxy) is 1. The second-order valence-electron chi connectivity index (χ2n) is 8.31. The quantitative estimate of drug-likeness (QED) is 0.457. The second kappa shape index (κ2) is 12.8. The van der Waals surface area contributed by atoms with Crippen molar-refractivity contribution in [3.63, 3.8) is 0 Å². The van der Waals surface area contributed by atoms with Gasteiger partial charge in [0.2, 0.25) is 21.8 Å². The monoisotopic (exact) mass is 523 g/mol. The molecule has 0 aliphatic rings. The molecule has 0 fully saturated rings. The number of anilines is 1. The van der Waals surface area contributed by atoms with Crippen LogP contribution in [-0.4, -0.2) is 57.6 Å². The highest BCUT2D eigenvalue weighted by molar-refractivity contribution is 7.92. The van der Waals surface area contributed by atoms with E-state index in [2.05, 4.69) is 5.32 Å². The van der Waals surface area contributed by atoms with Crippen LogP contribution < -0.4 is 14.4 Å². The molecule has 0 aliphatic carbocycles. The summed E-state index contributed by atoms with van der Waals surface area (Å²) in [4.78, 5) is 28.1. The van der Waals surface area contributed by atoms with Crippen LogP contribution in [0.5, 0.6) is 5.75 Å². The molecule has 0 saturated carbocycles. The van der Waals surface area contributed by atoms with E-state index in [9.17, 15) is 18.0 Å². The maximum Gasteiger partial charge on any atom is 0.244 e. The van der Waals surface area contributed by atoms with Gasteiger partial charge in [-0.25, -0.2) is 8.42 Å². The minimum Gasteiger partial charge on any atom is -0.495 e. The summed E-state index contributed by atoms with van der Waals surface area (Å²) in [6.45, 7) is 5.85. The second-order valence-corrected chi connectivity index (χ2v) is 10.7. The zero-order chi connectivity index (χ0) is 26.2. The van der Waals surface area contributed by atoms with E-state index in [-0.39, 0.29) is 23.9 Å². The third-order valence-corrected chi connectivity index (χ3v) is 6.86. The first-order chi connectivity index (χ1) is 16.5. The lowest BCUT2D eigenvalue weighted by molar-refractivity contribution is -0.140. The number of carbonyl (C=O) groups excluding carboxylic acids is 2. The van der Waals surface area contributed by atoms with Crippen molar-refractivity contribution in [2.24, 2.45) is 0 Å². The Kier molecular flexibility index (Phi) is 10.4. The van der Waals surface area contributed by atoms with E-state index in [1.807, 2.05) is 45.0 Å². The molecule has 0 aromatic heterocycles. The molecule has 0 bridgehead atoms. The zero-order valence-electron chi connectivity index (χ0n) is 20.9. The number of nitrogens with one attached hydrogen (secondary N) is 1. The van der Waals surface area contributed by atoms with E-state index in [0.717, 1.165) is 28.1 Å². The third kappa shape index (κ3) is 7.86. The summed E-state index contributed by atoms with van der Waals surface area (Å²) in [7, 11) is -2.49. The summed E-state index contributed by atoms with van der Waals surface area (Å²) in [5.74, 6) is -0.539. The molecule has 35 heavy (non-hydrogen) atoms. The number of amides is 2. The van der Waals surface area contributed by atoms with Crippen molar-refractivity contribution in [1.82, 2.24) is 10.2 Å². The van der Waals surface area contributed by atoms with Crippen LogP contribution in [0, 0.1) is 6.92 Å². The average molecular weight is 524 g/mol. The van der Waals surface area contributed by atoms with Gasteiger partial charge in [-0.05, 0) is 43.5 Å². The van der Waals surface area contributed by atoms with E-state index in [1.54, 1.807) is 6.07 Å². The van der Waals surface area contributed by atoms with Gasteiger partial charge >= 0.3 is 0 Å². The molecule has 0 radical (unpaired) electrons. The van der Waals surface area contributed by atoms with Crippen molar-refractivity contribution in [2.75, 3.05) is 30.8 Å². The molecule has 1 atom stereocenters. The Morgan fingerprint density at radius 1 is 1.11 bits per heavy atom. The summed E-state index contributed by atoms with van der Waals surface area (Å²) < 4.78 is 31.8. The van der Waals surface area contributed by atoms with E-state index >= 15 is 0 Å². The smallest absolute Gasteiger partial charge is 0.244 e. The van der Waals surface area contributed by atoms with Gasteiger partial charge < -0.3 is 15.0 Å². The molecular formula is C25H34ClN3O5S. The van der Waals surface area contributed by atoms with Crippen LogP contribution in [0.1, 0.15) is 37.8 Å². The molecule has 0 unspecified atom stereocenters. The molecule has 0 aliphatic heterocycles. The number of hydrogen-bond donors (Lipinski definition) is 1. The van der Waals surface area contributed by atoms with Gasteiger partial charge in [-0.2, -0.15) is 0 Å². The Hall–Kier alpha value is -2.78. The van der Waals surface area contributed by atoms with Crippen LogP contribution in [0.25, 0.3) is 0 Å². The normalized spacial score (nSPS) is 12.1. The molecule has 10 heteroatoms. The first-order valence-electron chi connectivity index (χ1n) is 11.5. The van der Waals surface area contributed by atoms with Gasteiger partial charge in [0.1, 0.15) is 18.3 Å². The van der Waals surface area contributed by atoms with Crippen molar-refractivity contribution in [3.05, 3.63) is 58.6 Å². The largest absolute Gasteiger partial charge is 0.495 e. The van der Waals surface area contributed by atoms with Crippen molar-refractivity contribution >= 4 is 39.1 Å². The van der Waals surface area contributed by atoms with Crippen LogP contribution in [0.4, 0.5) is 5.69 Å². The van der Waals surface area contributed by atoms with Crippen molar-refractivity contribution in [1.29, 1.82) is 0 Å². The number of rotatable bonds is 12. The number of methoxy groups -OCH3 is 1. The van der Waals surface area contributed by atoms with Crippen LogP contribution in [0.15, 0.2) is 42.5 Å². The number of carbonyl (C=O) groups is 2. The summed E-state index contributed by atoms with van der Waals surface area (Å²) in [6.07, 6.45) is 2.13. The van der Waals surface area contributed by atoms with Crippen molar-refractivity contribution < 1.29 is 22.7 Å². The highest BCUT2D eigenvalue weighted by atomic mass is 35.5. The highest BCUT2D eigenvalue weighted by Crippen LogP contribution is 2.33. The molecule has 2 aromatic carbocycles. The number of halogens is 1. The number of aryl methyl sites for hydroxylation is 1. The Morgan fingerprint density at radius 3 is 2.31 bits per heavy atom. The lowest BCUT2D eigenvalue weighted by atomic mass is 10.1. The van der Waals surface area contributed by atoms with E-state index in [4.69, 9.17) is 16.3 Å². The lowest BCUT2D eigenvalue weighted by Crippen LogP contribution is -2.52. The van der Waals surface area contributed by atoms with Crippen molar-refractivity contribution in [2.45, 2.75) is 46.2 Å². The van der Waals surface area contributed by atoms with Crippen LogP contribution >= 0.6 is 11.6 Å². The number of hydrogen-bond acceptors (Lipinski definition) is 5. The topological polar surface area (TPSA) is 96.0 Å². The molecule has 0 saturated heterocycles. The van der Waals surface area contributed by atoms with Gasteiger partial charge in [-0.3, -0.25) is 13.9 Å². The van der Waals surface area contributed by atoms with Crippen LogP contribution in [0.3, 0.4) is 0 Å². The van der Waals surface area contributed by atoms with E-state index in [0.29, 0.717) is 18.0 Å². The predicted molar refractivity (Wildman–Crippen MR) is 139 cm³/mol. The average Bonchev–Trinajstić information content (AvgIpc) is 2.81. The third-order valence-electron chi connectivity index (χ3n) is 5.50. The minimum atomic E-state index is -3.89. The standard InChI is InChI=1S/C25H34ClN3O5S/c1-6-14-27-25(31)21(7-2)28(16-19-10-8-18(3)9-11-19)24(30)17-29(35(5,32)33)22-15-20(26)12-13-23(22)34-4/h8-13,15,21H,6-7,14,16-17H2,1-5H3,(H,27,31)/t21-/m0/s1. The minimum absolute atomic E-state index is 0.148. The number of nitrogens with zero attached hydrogens (tertiary/aromatic N) is 2. The fourth-order valence-electron chi connectivity index (χ4n) is 3.63. The molecule has 2 amide bonds. The molecular weight excluding hydrogens is 490 g/mol. The summed E-state index contributed by atoms with van der Waals surface area (Å²) in [5.41, 5.74) is 2.04. The maximum atomic E-state index is 13.7. The summed E-state index contributed by atoms with van der Waals surface area (Å²) >= 11 is 6.12. The van der Waals surface area contributed by atoms with Gasteiger partial charge in [0, 0.05) is 18.1 Å². The highest BCUT2D eigenvalue weighted by Gasteiger charge is 2.32. The van der Waals surface area contributed by atoms with Gasteiger partial charge in [0.15, 0.2) is 0 Å². The number of benzene rings is 2.